The lowest BCUT2D eigenvalue weighted by Gasteiger charge is -2.30. The van der Waals surface area contributed by atoms with Crippen LogP contribution < -0.4 is 10.4 Å². The van der Waals surface area contributed by atoms with Crippen molar-refractivity contribution >= 4 is 11.8 Å². The highest BCUT2D eigenvalue weighted by atomic mass is 19.1. The van der Waals surface area contributed by atoms with E-state index in [4.69, 9.17) is 4.74 Å². The minimum atomic E-state index is -0.833. The molecule has 150 valence electrons. The number of ether oxygens (including phenoxy) is 1. The van der Waals surface area contributed by atoms with Crippen LogP contribution >= 0.6 is 0 Å². The van der Waals surface area contributed by atoms with E-state index in [9.17, 15) is 19.4 Å². The molecular formula is C19H22FN4O4-. The van der Waals surface area contributed by atoms with E-state index < -0.39 is 18.3 Å². The lowest BCUT2D eigenvalue weighted by molar-refractivity contribution is -0.0152. The lowest BCUT2D eigenvalue weighted by Crippen LogP contribution is -2.41. The molecule has 9 heteroatoms. The van der Waals surface area contributed by atoms with Gasteiger partial charge in [-0.05, 0) is 55.0 Å². The number of hydrogen-bond donors (Lipinski definition) is 3. The largest absolute Gasteiger partial charge is 0.609 e. The van der Waals surface area contributed by atoms with Crippen molar-refractivity contribution in [2.45, 2.75) is 56.0 Å². The van der Waals surface area contributed by atoms with Crippen molar-refractivity contribution in [3.63, 3.8) is 0 Å². The van der Waals surface area contributed by atoms with Gasteiger partial charge in [0.15, 0.2) is 0 Å². The fourth-order valence-corrected chi connectivity index (χ4v) is 4.74. The number of benzene rings is 1. The van der Waals surface area contributed by atoms with Gasteiger partial charge in [-0.25, -0.2) is 9.18 Å². The summed E-state index contributed by atoms with van der Waals surface area (Å²) < 4.78 is 20.4. The molecule has 3 N–H and O–H groups in total. The SMILES string of the molecule is O=C1O[C@@H](CN2C=C[N-]N2)[C@@H]2Cc3cc(C4CC[C@@H](O)C(O)C4)c(F)cc3N12. The third-order valence-corrected chi connectivity index (χ3v) is 6.20. The maximum Gasteiger partial charge on any atom is 0.415 e. The van der Waals surface area contributed by atoms with Crippen molar-refractivity contribution in [2.75, 3.05) is 11.4 Å². The number of aliphatic hydroxyl groups excluding tert-OH is 2. The molecule has 1 aromatic carbocycles. The van der Waals surface area contributed by atoms with E-state index in [0.29, 0.717) is 43.5 Å². The molecule has 5 rings (SSSR count). The second-order valence-electron chi connectivity index (χ2n) is 7.89. The van der Waals surface area contributed by atoms with Gasteiger partial charge in [0.2, 0.25) is 0 Å². The fourth-order valence-electron chi connectivity index (χ4n) is 4.74. The number of fused-ring (bicyclic) bond motifs is 3. The summed E-state index contributed by atoms with van der Waals surface area (Å²) in [5, 5.41) is 21.4. The van der Waals surface area contributed by atoms with Crippen LogP contribution in [0.1, 0.15) is 36.3 Å². The van der Waals surface area contributed by atoms with Crippen molar-refractivity contribution in [1.29, 1.82) is 0 Å². The number of amides is 1. The number of rotatable bonds is 3. The van der Waals surface area contributed by atoms with E-state index >= 15 is 0 Å². The molecule has 0 radical (unpaired) electrons. The number of hydrazine groups is 1. The topological polar surface area (TPSA) is 99.4 Å². The summed E-state index contributed by atoms with van der Waals surface area (Å²) in [5.41, 5.74) is 8.72. The zero-order valence-corrected chi connectivity index (χ0v) is 15.2. The van der Waals surface area contributed by atoms with Gasteiger partial charge in [-0.2, -0.15) is 0 Å². The van der Waals surface area contributed by atoms with Crippen molar-refractivity contribution in [3.05, 3.63) is 46.9 Å². The summed E-state index contributed by atoms with van der Waals surface area (Å²) >= 11 is 0. The Morgan fingerprint density at radius 1 is 1.29 bits per heavy atom. The Morgan fingerprint density at radius 2 is 2.14 bits per heavy atom. The van der Waals surface area contributed by atoms with Gasteiger partial charge in [0, 0.05) is 0 Å². The van der Waals surface area contributed by atoms with Crippen molar-refractivity contribution < 1.29 is 24.1 Å². The Morgan fingerprint density at radius 3 is 2.89 bits per heavy atom. The number of anilines is 1. The molecule has 2 unspecified atom stereocenters. The molecule has 1 amide bonds. The standard InChI is InChI=1S/C19H22FN4O4/c20-13-8-14-11(5-12(13)10-1-2-16(25)17(26)7-10)6-15-18(28-19(27)24(14)15)9-23-4-3-21-22-23/h3-5,8,10,15-18,22,25-26H,1-2,6-7,9H2/q-1/t10?,15-,16+,17?,18-/m0/s1. The zero-order valence-electron chi connectivity index (χ0n) is 15.2. The number of halogens is 1. The first kappa shape index (κ1) is 17.7. The first-order chi connectivity index (χ1) is 13.5. The fraction of sp³-hybridized carbons (Fsp3) is 0.526. The third-order valence-electron chi connectivity index (χ3n) is 6.20. The Bertz CT molecular complexity index is 834. The summed E-state index contributed by atoms with van der Waals surface area (Å²) in [6.07, 6.45) is 3.00. The predicted molar refractivity (Wildman–Crippen MR) is 97.6 cm³/mol. The van der Waals surface area contributed by atoms with Crippen molar-refractivity contribution in [1.82, 2.24) is 10.5 Å². The second-order valence-corrected chi connectivity index (χ2v) is 7.89. The normalized spacial score (nSPS) is 33.7. The molecule has 1 aliphatic carbocycles. The molecule has 0 spiro atoms. The van der Waals surface area contributed by atoms with Crippen LogP contribution in [0.25, 0.3) is 5.43 Å². The molecule has 3 aliphatic heterocycles. The summed E-state index contributed by atoms with van der Waals surface area (Å²) in [6.45, 7) is 0.447. The Kier molecular flexibility index (Phi) is 4.18. The lowest BCUT2D eigenvalue weighted by atomic mass is 9.80. The number of carbonyl (C=O) groups is 1. The number of nitrogens with zero attached hydrogens (tertiary/aromatic N) is 3. The smallest absolute Gasteiger partial charge is 0.415 e. The van der Waals surface area contributed by atoms with E-state index in [1.165, 1.54) is 6.07 Å². The van der Waals surface area contributed by atoms with Crippen LogP contribution in [0.15, 0.2) is 24.5 Å². The molecule has 1 saturated heterocycles. The molecule has 3 heterocycles. The maximum atomic E-state index is 14.9. The van der Waals surface area contributed by atoms with Crippen LogP contribution in [0.2, 0.25) is 0 Å². The second kappa shape index (κ2) is 6.61. The molecule has 4 aliphatic rings. The number of aliphatic hydroxyl groups is 2. The van der Waals surface area contributed by atoms with Crippen molar-refractivity contribution in [2.24, 2.45) is 0 Å². The average molecular weight is 389 g/mol. The monoisotopic (exact) mass is 389 g/mol. The van der Waals surface area contributed by atoms with E-state index in [-0.39, 0.29) is 23.9 Å². The Labute approximate surface area is 161 Å². The van der Waals surface area contributed by atoms with Gasteiger partial charge >= 0.3 is 6.09 Å². The van der Waals surface area contributed by atoms with Gasteiger partial charge < -0.3 is 30.9 Å². The number of carbonyl (C=O) groups excluding carboxylic acids is 1. The van der Waals surface area contributed by atoms with Crippen LogP contribution in [0.4, 0.5) is 14.9 Å². The molecule has 0 bridgehead atoms. The average Bonchev–Trinajstić information content (AvgIpc) is 3.36. The minimum Gasteiger partial charge on any atom is -0.609 e. The first-order valence-electron chi connectivity index (χ1n) is 9.58. The summed E-state index contributed by atoms with van der Waals surface area (Å²) in [7, 11) is 0. The Hall–Kier alpha value is -2.36. The molecule has 5 atom stereocenters. The molecule has 1 saturated carbocycles. The van der Waals surface area contributed by atoms with Gasteiger partial charge in [-0.1, -0.05) is 6.07 Å². The van der Waals surface area contributed by atoms with E-state index in [0.717, 1.165) is 5.56 Å². The van der Waals surface area contributed by atoms with Gasteiger partial charge in [0.1, 0.15) is 11.9 Å². The highest BCUT2D eigenvalue weighted by Crippen LogP contribution is 2.43. The predicted octanol–water partition coefficient (Wildman–Crippen LogP) is 1.64. The van der Waals surface area contributed by atoms with Gasteiger partial charge in [0.25, 0.3) is 0 Å². The molecule has 8 nitrogen and oxygen atoms in total. The van der Waals surface area contributed by atoms with Crippen LogP contribution in [0, 0.1) is 5.82 Å². The first-order valence-corrected chi connectivity index (χ1v) is 9.58. The summed E-state index contributed by atoms with van der Waals surface area (Å²) in [6, 6.07) is 3.05. The van der Waals surface area contributed by atoms with Gasteiger partial charge in [-0.15, -0.1) is 6.20 Å². The highest BCUT2D eigenvalue weighted by molar-refractivity contribution is 5.93. The number of cyclic esters (lactones) is 1. The Balaban J connectivity index is 1.39. The minimum absolute atomic E-state index is 0.137. The molecular weight excluding hydrogens is 367 g/mol. The van der Waals surface area contributed by atoms with Crippen LogP contribution in [-0.4, -0.2) is 52.2 Å². The van der Waals surface area contributed by atoms with E-state index in [1.807, 2.05) is 6.07 Å². The maximum absolute atomic E-state index is 14.9. The van der Waals surface area contributed by atoms with E-state index in [1.54, 1.807) is 22.3 Å². The highest BCUT2D eigenvalue weighted by Gasteiger charge is 2.48. The van der Waals surface area contributed by atoms with Crippen LogP contribution in [0.3, 0.4) is 0 Å². The molecule has 0 aromatic heterocycles. The molecule has 1 aromatic rings. The quantitative estimate of drug-likeness (QED) is 0.727. The molecule has 28 heavy (non-hydrogen) atoms. The molecule has 2 fully saturated rings. The van der Waals surface area contributed by atoms with Crippen LogP contribution in [0.5, 0.6) is 0 Å². The van der Waals surface area contributed by atoms with Crippen molar-refractivity contribution in [3.8, 4) is 0 Å². The van der Waals surface area contributed by atoms with Gasteiger partial charge in [-0.3, -0.25) is 4.90 Å². The third kappa shape index (κ3) is 2.81. The van der Waals surface area contributed by atoms with Crippen LogP contribution in [-0.2, 0) is 11.2 Å². The number of nitrogens with one attached hydrogen (secondary N) is 1. The summed E-state index contributed by atoms with van der Waals surface area (Å²) in [4.78, 5) is 14.0. The number of hydrogen-bond acceptors (Lipinski definition) is 6. The van der Waals surface area contributed by atoms with E-state index in [2.05, 4.69) is 11.0 Å². The summed E-state index contributed by atoms with van der Waals surface area (Å²) in [5.74, 6) is -0.519. The zero-order chi connectivity index (χ0) is 19.4. The van der Waals surface area contributed by atoms with Gasteiger partial charge in [0.05, 0.1) is 30.5 Å².